The van der Waals surface area contributed by atoms with E-state index >= 15 is 0 Å². The molecule has 1 heteroatoms. The molecule has 0 N–H and O–H groups in total. The maximum atomic E-state index is 6.72. The molecule has 0 amide bonds. The van der Waals surface area contributed by atoms with Gasteiger partial charge in [-0.25, -0.2) is 0 Å². The SMILES string of the molecule is c1ccc(-c2cccc3c2oc2c(-c4cccc(-c5ccc6c7ccccc7c7ccccc7c6c5)c4)cccc23)cc1. The van der Waals surface area contributed by atoms with E-state index < -0.39 is 0 Å². The van der Waals surface area contributed by atoms with Crippen LogP contribution in [0.2, 0.25) is 0 Å². The molecule has 1 aromatic heterocycles. The van der Waals surface area contributed by atoms with E-state index in [-0.39, 0.29) is 0 Å². The van der Waals surface area contributed by atoms with Crippen molar-refractivity contribution in [1.82, 2.24) is 0 Å². The van der Waals surface area contributed by atoms with Crippen LogP contribution in [0.3, 0.4) is 0 Å². The molecule has 0 spiro atoms. The van der Waals surface area contributed by atoms with Crippen LogP contribution in [-0.2, 0) is 0 Å². The fourth-order valence-electron chi connectivity index (χ4n) is 6.85. The largest absolute Gasteiger partial charge is 0.455 e. The molecule has 1 heterocycles. The van der Waals surface area contributed by atoms with Gasteiger partial charge in [0.05, 0.1) is 0 Å². The molecule has 0 saturated heterocycles. The van der Waals surface area contributed by atoms with Gasteiger partial charge in [-0.15, -0.1) is 0 Å². The van der Waals surface area contributed by atoms with Crippen molar-refractivity contribution in [3.63, 3.8) is 0 Å². The summed E-state index contributed by atoms with van der Waals surface area (Å²) < 4.78 is 6.72. The summed E-state index contributed by atoms with van der Waals surface area (Å²) in [5.41, 5.74) is 8.78. The van der Waals surface area contributed by atoms with Crippen LogP contribution in [0.1, 0.15) is 0 Å². The van der Waals surface area contributed by atoms with E-state index in [1.54, 1.807) is 0 Å². The van der Waals surface area contributed by atoms with Gasteiger partial charge in [0.2, 0.25) is 0 Å². The Morgan fingerprint density at radius 3 is 1.35 bits per heavy atom. The molecule has 0 unspecified atom stereocenters. The average molecular weight is 547 g/mol. The third-order valence-corrected chi connectivity index (χ3v) is 8.86. The summed E-state index contributed by atoms with van der Waals surface area (Å²) in [6, 6.07) is 56.6. The zero-order chi connectivity index (χ0) is 28.3. The Morgan fingerprint density at radius 2 is 0.698 bits per heavy atom. The lowest BCUT2D eigenvalue weighted by atomic mass is 9.91. The van der Waals surface area contributed by atoms with Gasteiger partial charge in [0.25, 0.3) is 0 Å². The first-order chi connectivity index (χ1) is 21.3. The van der Waals surface area contributed by atoms with Gasteiger partial charge in [-0.05, 0) is 66.7 Å². The highest BCUT2D eigenvalue weighted by Gasteiger charge is 2.16. The van der Waals surface area contributed by atoms with Crippen molar-refractivity contribution in [2.45, 2.75) is 0 Å². The summed E-state index contributed by atoms with van der Waals surface area (Å²) in [4.78, 5) is 0. The molecule has 0 radical (unpaired) electrons. The lowest BCUT2D eigenvalue weighted by Crippen LogP contribution is -1.86. The maximum absolute atomic E-state index is 6.72. The molecule has 0 atom stereocenters. The van der Waals surface area contributed by atoms with Gasteiger partial charge >= 0.3 is 0 Å². The van der Waals surface area contributed by atoms with E-state index in [2.05, 4.69) is 152 Å². The second-order valence-corrected chi connectivity index (χ2v) is 11.3. The third kappa shape index (κ3) is 3.72. The number of rotatable bonds is 3. The third-order valence-electron chi connectivity index (χ3n) is 8.86. The maximum Gasteiger partial charge on any atom is 0.143 e. The van der Waals surface area contributed by atoms with Crippen molar-refractivity contribution in [2.24, 2.45) is 0 Å². The Balaban J connectivity index is 1.22. The van der Waals surface area contributed by atoms with Gasteiger partial charge in [-0.1, -0.05) is 146 Å². The fourth-order valence-corrected chi connectivity index (χ4v) is 6.85. The minimum atomic E-state index is 0.925. The second kappa shape index (κ2) is 9.44. The van der Waals surface area contributed by atoms with Crippen molar-refractivity contribution >= 4 is 54.3 Å². The zero-order valence-corrected chi connectivity index (χ0v) is 23.4. The van der Waals surface area contributed by atoms with Crippen molar-refractivity contribution in [2.75, 3.05) is 0 Å². The summed E-state index contributed by atoms with van der Waals surface area (Å²) in [6.07, 6.45) is 0. The Labute approximate surface area is 249 Å². The predicted octanol–water partition coefficient (Wildman–Crippen LogP) is 12.0. The number of furan rings is 1. The molecule has 0 aliphatic rings. The highest BCUT2D eigenvalue weighted by molar-refractivity contribution is 6.25. The summed E-state index contributed by atoms with van der Waals surface area (Å²) in [5, 5.41) is 10.0. The zero-order valence-electron chi connectivity index (χ0n) is 23.4. The first-order valence-corrected chi connectivity index (χ1v) is 14.8. The van der Waals surface area contributed by atoms with Gasteiger partial charge in [-0.3, -0.25) is 0 Å². The Hall–Kier alpha value is -5.66. The first kappa shape index (κ1) is 24.0. The van der Waals surface area contributed by atoms with Gasteiger partial charge in [0, 0.05) is 21.9 Å². The predicted molar refractivity (Wildman–Crippen MR) is 183 cm³/mol. The molecule has 0 fully saturated rings. The number of hydrogen-bond donors (Lipinski definition) is 0. The first-order valence-electron chi connectivity index (χ1n) is 14.8. The lowest BCUT2D eigenvalue weighted by Gasteiger charge is -2.12. The van der Waals surface area contributed by atoms with Crippen molar-refractivity contribution < 1.29 is 4.42 Å². The van der Waals surface area contributed by atoms with Gasteiger partial charge in [-0.2, -0.15) is 0 Å². The van der Waals surface area contributed by atoms with Gasteiger partial charge in [0.1, 0.15) is 11.2 Å². The summed E-state index contributed by atoms with van der Waals surface area (Å²) >= 11 is 0. The molecule has 9 rings (SSSR count). The molecule has 0 bridgehead atoms. The Kier molecular flexibility index (Phi) is 5.27. The fraction of sp³-hybridized carbons (Fsp3) is 0. The number of hydrogen-bond acceptors (Lipinski definition) is 1. The number of benzene rings is 8. The summed E-state index contributed by atoms with van der Waals surface area (Å²) in [6.45, 7) is 0. The molecule has 200 valence electrons. The molecule has 1 nitrogen and oxygen atoms in total. The molecule has 9 aromatic rings. The molecular weight excluding hydrogens is 520 g/mol. The average Bonchev–Trinajstić information content (AvgIpc) is 3.48. The standard InChI is InChI=1S/C42H26O/c1-2-11-27(12-3-1)31-19-9-21-38-39-22-10-20-32(42(39)43-41(31)38)30-14-8-13-28(25-30)29-23-24-37-35-17-5-4-15-33(35)34-16-6-7-18-36(34)40(37)26-29/h1-26H. The van der Waals surface area contributed by atoms with Crippen LogP contribution in [0, 0.1) is 0 Å². The Morgan fingerprint density at radius 1 is 0.256 bits per heavy atom. The van der Waals surface area contributed by atoms with Crippen LogP contribution < -0.4 is 0 Å². The van der Waals surface area contributed by atoms with Crippen LogP contribution in [-0.4, -0.2) is 0 Å². The monoisotopic (exact) mass is 546 g/mol. The van der Waals surface area contributed by atoms with E-state index in [1.807, 2.05) is 6.07 Å². The molecular formula is C42H26O. The number of para-hydroxylation sites is 2. The topological polar surface area (TPSA) is 13.1 Å². The molecule has 8 aromatic carbocycles. The van der Waals surface area contributed by atoms with Crippen molar-refractivity contribution in [3.8, 4) is 33.4 Å². The van der Waals surface area contributed by atoms with Crippen LogP contribution in [0.5, 0.6) is 0 Å². The highest BCUT2D eigenvalue weighted by atomic mass is 16.3. The van der Waals surface area contributed by atoms with Crippen LogP contribution >= 0.6 is 0 Å². The molecule has 0 aliphatic carbocycles. The molecule has 0 aliphatic heterocycles. The summed E-state index contributed by atoms with van der Waals surface area (Å²) in [5.74, 6) is 0. The van der Waals surface area contributed by atoms with Crippen molar-refractivity contribution in [1.29, 1.82) is 0 Å². The molecule has 43 heavy (non-hydrogen) atoms. The van der Waals surface area contributed by atoms with E-state index in [9.17, 15) is 0 Å². The normalized spacial score (nSPS) is 11.7. The smallest absolute Gasteiger partial charge is 0.143 e. The van der Waals surface area contributed by atoms with Crippen LogP contribution in [0.4, 0.5) is 0 Å². The highest BCUT2D eigenvalue weighted by Crippen LogP contribution is 2.41. The van der Waals surface area contributed by atoms with E-state index in [0.717, 1.165) is 44.2 Å². The Bertz CT molecular complexity index is 2460. The van der Waals surface area contributed by atoms with E-state index in [4.69, 9.17) is 4.42 Å². The summed E-state index contributed by atoms with van der Waals surface area (Å²) in [7, 11) is 0. The number of fused-ring (bicyclic) bond motifs is 9. The minimum absolute atomic E-state index is 0.925. The van der Waals surface area contributed by atoms with Gasteiger partial charge in [0.15, 0.2) is 0 Å². The minimum Gasteiger partial charge on any atom is -0.455 e. The van der Waals surface area contributed by atoms with E-state index in [1.165, 1.54) is 43.4 Å². The molecule has 0 saturated carbocycles. The van der Waals surface area contributed by atoms with Crippen LogP contribution in [0.25, 0.3) is 87.6 Å². The van der Waals surface area contributed by atoms with E-state index in [0.29, 0.717) is 0 Å². The van der Waals surface area contributed by atoms with Crippen molar-refractivity contribution in [3.05, 3.63) is 158 Å². The second-order valence-electron chi connectivity index (χ2n) is 11.3. The van der Waals surface area contributed by atoms with Gasteiger partial charge < -0.3 is 4.42 Å². The lowest BCUT2D eigenvalue weighted by molar-refractivity contribution is 0.671. The quantitative estimate of drug-likeness (QED) is 0.201. The van der Waals surface area contributed by atoms with Crippen LogP contribution in [0.15, 0.2) is 162 Å².